The van der Waals surface area contributed by atoms with E-state index < -0.39 is 10.0 Å². The molecule has 0 aliphatic carbocycles. The molecule has 1 heterocycles. The zero-order valence-corrected chi connectivity index (χ0v) is 13.3. The van der Waals surface area contributed by atoms with Gasteiger partial charge in [0.1, 0.15) is 5.76 Å². The maximum absolute atomic E-state index is 12.0. The van der Waals surface area contributed by atoms with Crippen LogP contribution in [0.4, 0.5) is 0 Å². The average Bonchev–Trinajstić information content (AvgIpc) is 2.90. The molecule has 0 radical (unpaired) electrons. The summed E-state index contributed by atoms with van der Waals surface area (Å²) in [5.74, 6) is 0.268. The van der Waals surface area contributed by atoms with Gasteiger partial charge in [-0.05, 0) is 31.2 Å². The van der Waals surface area contributed by atoms with E-state index in [4.69, 9.17) is 4.42 Å². The Labute approximate surface area is 129 Å². The van der Waals surface area contributed by atoms with Crippen LogP contribution < -0.4 is 5.32 Å². The Morgan fingerprint density at radius 2 is 1.91 bits per heavy atom. The molecular weight excluding hydrogens is 306 g/mol. The van der Waals surface area contributed by atoms with Crippen molar-refractivity contribution >= 4 is 15.9 Å². The molecule has 0 spiro atoms. The minimum Gasteiger partial charge on any atom is -0.446 e. The fourth-order valence-electron chi connectivity index (χ4n) is 1.75. The third kappa shape index (κ3) is 3.34. The van der Waals surface area contributed by atoms with Crippen LogP contribution in [-0.2, 0) is 16.6 Å². The van der Waals surface area contributed by atoms with Crippen LogP contribution in [0.1, 0.15) is 21.8 Å². The minimum absolute atomic E-state index is 0.139. The van der Waals surface area contributed by atoms with Gasteiger partial charge >= 0.3 is 0 Å². The van der Waals surface area contributed by atoms with Crippen LogP contribution in [0.5, 0.6) is 0 Å². The SMILES string of the molecule is Cc1ncoc1CNC(=O)c1ccc(S(=O)(=O)N(C)C)cc1. The van der Waals surface area contributed by atoms with Crippen LogP contribution in [0.25, 0.3) is 0 Å². The number of nitrogens with zero attached hydrogens (tertiary/aromatic N) is 2. The molecule has 0 atom stereocenters. The van der Waals surface area contributed by atoms with E-state index in [0.29, 0.717) is 17.0 Å². The first-order valence-electron chi connectivity index (χ1n) is 6.52. The minimum atomic E-state index is -3.49. The normalized spacial score (nSPS) is 11.6. The highest BCUT2D eigenvalue weighted by Gasteiger charge is 2.17. The van der Waals surface area contributed by atoms with Gasteiger partial charge in [-0.1, -0.05) is 0 Å². The second-order valence-electron chi connectivity index (χ2n) is 4.86. The number of sulfonamides is 1. The maximum atomic E-state index is 12.0. The van der Waals surface area contributed by atoms with Gasteiger partial charge in [-0.15, -0.1) is 0 Å². The van der Waals surface area contributed by atoms with Crippen molar-refractivity contribution in [3.05, 3.63) is 47.7 Å². The molecule has 1 N–H and O–H groups in total. The monoisotopic (exact) mass is 323 g/mol. The van der Waals surface area contributed by atoms with E-state index >= 15 is 0 Å². The Balaban J connectivity index is 2.07. The van der Waals surface area contributed by atoms with Crippen LogP contribution in [0, 0.1) is 6.92 Å². The summed E-state index contributed by atoms with van der Waals surface area (Å²) in [6.45, 7) is 2.01. The molecular formula is C14H17N3O4S. The first-order valence-corrected chi connectivity index (χ1v) is 7.96. The van der Waals surface area contributed by atoms with Crippen molar-refractivity contribution in [3.8, 4) is 0 Å². The first-order chi connectivity index (χ1) is 10.3. The molecule has 0 unspecified atom stereocenters. The smallest absolute Gasteiger partial charge is 0.251 e. The van der Waals surface area contributed by atoms with Gasteiger partial charge in [-0.3, -0.25) is 4.79 Å². The molecule has 1 aromatic heterocycles. The van der Waals surface area contributed by atoms with Crippen molar-refractivity contribution in [1.82, 2.24) is 14.6 Å². The summed E-state index contributed by atoms with van der Waals surface area (Å²) in [5.41, 5.74) is 1.09. The van der Waals surface area contributed by atoms with Gasteiger partial charge in [0.05, 0.1) is 17.1 Å². The van der Waals surface area contributed by atoms with Crippen molar-refractivity contribution in [2.75, 3.05) is 14.1 Å². The number of amides is 1. The highest BCUT2D eigenvalue weighted by molar-refractivity contribution is 7.89. The van der Waals surface area contributed by atoms with Gasteiger partial charge in [-0.25, -0.2) is 17.7 Å². The molecule has 7 nitrogen and oxygen atoms in total. The molecule has 0 aliphatic heterocycles. The van der Waals surface area contributed by atoms with Crippen molar-refractivity contribution in [3.63, 3.8) is 0 Å². The number of carbonyl (C=O) groups excluding carboxylic acids is 1. The first kappa shape index (κ1) is 16.2. The van der Waals surface area contributed by atoms with Gasteiger partial charge in [0.15, 0.2) is 6.39 Å². The highest BCUT2D eigenvalue weighted by atomic mass is 32.2. The van der Waals surface area contributed by atoms with Crippen LogP contribution in [-0.4, -0.2) is 37.7 Å². The van der Waals surface area contributed by atoms with Crippen LogP contribution in [0.15, 0.2) is 40.0 Å². The van der Waals surface area contributed by atoms with Gasteiger partial charge in [0.2, 0.25) is 10.0 Å². The molecule has 22 heavy (non-hydrogen) atoms. The fourth-order valence-corrected chi connectivity index (χ4v) is 2.65. The lowest BCUT2D eigenvalue weighted by Crippen LogP contribution is -2.24. The second kappa shape index (κ2) is 6.29. The lowest BCUT2D eigenvalue weighted by atomic mass is 10.2. The second-order valence-corrected chi connectivity index (χ2v) is 7.01. The van der Waals surface area contributed by atoms with Gasteiger partial charge < -0.3 is 9.73 Å². The third-order valence-electron chi connectivity index (χ3n) is 3.15. The summed E-state index contributed by atoms with van der Waals surface area (Å²) < 4.78 is 30.1. The van der Waals surface area contributed by atoms with E-state index in [1.54, 1.807) is 6.92 Å². The number of benzene rings is 1. The third-order valence-corrected chi connectivity index (χ3v) is 4.98. The number of oxazole rings is 1. The van der Waals surface area contributed by atoms with E-state index in [2.05, 4.69) is 10.3 Å². The molecule has 0 saturated heterocycles. The predicted molar refractivity (Wildman–Crippen MR) is 79.7 cm³/mol. The van der Waals surface area contributed by atoms with Crippen molar-refractivity contribution in [2.45, 2.75) is 18.4 Å². The van der Waals surface area contributed by atoms with E-state index in [0.717, 1.165) is 4.31 Å². The summed E-state index contributed by atoms with van der Waals surface area (Å²) in [4.78, 5) is 16.1. The molecule has 1 aromatic carbocycles. The highest BCUT2D eigenvalue weighted by Crippen LogP contribution is 2.14. The quantitative estimate of drug-likeness (QED) is 0.891. The molecule has 0 aliphatic rings. The van der Waals surface area contributed by atoms with Crippen molar-refractivity contribution in [1.29, 1.82) is 0 Å². The molecule has 8 heteroatoms. The molecule has 118 valence electrons. The molecule has 1 amide bonds. The number of carbonyl (C=O) groups is 1. The zero-order chi connectivity index (χ0) is 16.3. The number of aromatic nitrogens is 1. The Kier molecular flexibility index (Phi) is 4.62. The Morgan fingerprint density at radius 1 is 1.27 bits per heavy atom. The number of aryl methyl sites for hydroxylation is 1. The topological polar surface area (TPSA) is 92.5 Å². The zero-order valence-electron chi connectivity index (χ0n) is 12.5. The van der Waals surface area contributed by atoms with E-state index in [-0.39, 0.29) is 17.3 Å². The number of hydrogen-bond donors (Lipinski definition) is 1. The molecule has 2 rings (SSSR count). The van der Waals surface area contributed by atoms with Crippen molar-refractivity contribution in [2.24, 2.45) is 0 Å². The summed E-state index contributed by atoms with van der Waals surface area (Å²) >= 11 is 0. The number of rotatable bonds is 5. The number of nitrogens with one attached hydrogen (secondary N) is 1. The summed E-state index contributed by atoms with van der Waals surface area (Å²) in [5, 5.41) is 2.69. The fraction of sp³-hybridized carbons (Fsp3) is 0.286. The predicted octanol–water partition coefficient (Wildman–Crippen LogP) is 1.16. The van der Waals surface area contributed by atoms with E-state index in [9.17, 15) is 13.2 Å². The Hall–Kier alpha value is -2.19. The van der Waals surface area contributed by atoms with Gasteiger partial charge in [0, 0.05) is 19.7 Å². The lowest BCUT2D eigenvalue weighted by Gasteiger charge is -2.11. The Morgan fingerprint density at radius 3 is 2.41 bits per heavy atom. The molecule has 0 bridgehead atoms. The summed E-state index contributed by atoms with van der Waals surface area (Å²) in [7, 11) is -0.586. The van der Waals surface area contributed by atoms with Gasteiger partial charge in [0.25, 0.3) is 5.91 Å². The van der Waals surface area contributed by atoms with Crippen LogP contribution >= 0.6 is 0 Å². The van der Waals surface area contributed by atoms with Crippen LogP contribution in [0.2, 0.25) is 0 Å². The van der Waals surface area contributed by atoms with E-state index in [1.807, 2.05) is 0 Å². The molecule has 0 saturated carbocycles. The summed E-state index contributed by atoms with van der Waals surface area (Å²) in [6, 6.07) is 5.76. The maximum Gasteiger partial charge on any atom is 0.251 e. The molecule has 0 fully saturated rings. The number of hydrogen-bond acceptors (Lipinski definition) is 5. The Bertz CT molecular complexity index is 764. The lowest BCUT2D eigenvalue weighted by molar-refractivity contribution is 0.0948. The van der Waals surface area contributed by atoms with E-state index in [1.165, 1.54) is 44.8 Å². The summed E-state index contributed by atoms with van der Waals surface area (Å²) in [6.07, 6.45) is 1.32. The standard InChI is InChI=1S/C14H17N3O4S/c1-10-13(21-9-16-10)8-15-14(18)11-4-6-12(7-5-11)22(19,20)17(2)3/h4-7,9H,8H2,1-3H3,(H,15,18). The largest absolute Gasteiger partial charge is 0.446 e. The van der Waals surface area contributed by atoms with Crippen molar-refractivity contribution < 1.29 is 17.6 Å². The van der Waals surface area contributed by atoms with Crippen LogP contribution in [0.3, 0.4) is 0 Å². The molecule has 2 aromatic rings. The van der Waals surface area contributed by atoms with Gasteiger partial charge in [-0.2, -0.15) is 0 Å². The average molecular weight is 323 g/mol.